The molecule has 5 rings (SSSR count). The monoisotopic (exact) mass is 738 g/mol. The smallest absolute Gasteiger partial charge is 0.00446 e. The number of rotatable bonds is 6. The Balaban J connectivity index is -0.000000138. The normalized spacial score (nSPS) is 26.4. The highest BCUT2D eigenvalue weighted by Gasteiger charge is 2.27. The summed E-state index contributed by atoms with van der Waals surface area (Å²) in [4.78, 5) is 0. The lowest BCUT2D eigenvalue weighted by molar-refractivity contribution is 0.173. The van der Waals surface area contributed by atoms with E-state index in [2.05, 4.69) is 83.7 Å². The fourth-order valence-electron chi connectivity index (χ4n) is 7.99. The number of aryl methyl sites for hydroxylation is 1. The molecule has 0 heterocycles. The van der Waals surface area contributed by atoms with Gasteiger partial charge in [-0.05, 0) is 105 Å². The Hall–Kier alpha value is -1.80. The van der Waals surface area contributed by atoms with Gasteiger partial charge in [0.15, 0.2) is 0 Å². The molecule has 0 saturated heterocycles. The molecule has 6 nitrogen and oxygen atoms in total. The summed E-state index contributed by atoms with van der Waals surface area (Å²) in [6.45, 7) is 23.4. The fourth-order valence-corrected chi connectivity index (χ4v) is 7.99. The summed E-state index contributed by atoms with van der Waals surface area (Å²) in [5.41, 5.74) is 2.93. The lowest BCUT2D eigenvalue weighted by atomic mass is 9.71. The largest absolute Gasteiger partial charge is 0.412 e. The van der Waals surface area contributed by atoms with Gasteiger partial charge in [-0.15, -0.1) is 6.58 Å². The lowest BCUT2D eigenvalue weighted by Gasteiger charge is -2.34. The summed E-state index contributed by atoms with van der Waals surface area (Å²) in [7, 11) is 0. The quantitative estimate of drug-likeness (QED) is 0.263. The van der Waals surface area contributed by atoms with Crippen molar-refractivity contribution in [2.45, 2.75) is 171 Å². The van der Waals surface area contributed by atoms with Gasteiger partial charge in [0.25, 0.3) is 0 Å². The summed E-state index contributed by atoms with van der Waals surface area (Å²) in [5.74, 6) is 7.67. The molecule has 1 aromatic carbocycles. The molecule has 4 fully saturated rings. The van der Waals surface area contributed by atoms with E-state index in [1.807, 2.05) is 40.2 Å². The number of benzene rings is 1. The van der Waals surface area contributed by atoms with Crippen LogP contribution in [0.15, 0.2) is 61.2 Å². The van der Waals surface area contributed by atoms with Gasteiger partial charge in [-0.2, -0.15) is 0 Å². The summed E-state index contributed by atoms with van der Waals surface area (Å²) in [5, 5.41) is 0. The molecule has 0 aliphatic heterocycles. The van der Waals surface area contributed by atoms with Crippen molar-refractivity contribution in [3.8, 4) is 0 Å². The molecule has 4 saturated carbocycles. The summed E-state index contributed by atoms with van der Waals surface area (Å²) in [6, 6.07) is 9.12. The minimum absolute atomic E-state index is 0. The molecule has 4 aliphatic carbocycles. The second-order valence-corrected chi connectivity index (χ2v) is 15.0. The SMILES string of the molecule is C=C[CH]/C=C\C=C\C1CCC(C)C(C)C1.CC.CC.CC1CCC(C2CCCCC2)CC1.Cc1ccc(C2CCC(C)CC2)cc1.O.O.O.O.[OH].[OH]. The Morgan fingerprint density at radius 3 is 1.50 bits per heavy atom. The maximum absolute atomic E-state index is 3.64. The summed E-state index contributed by atoms with van der Waals surface area (Å²) >= 11 is 0. The Morgan fingerprint density at radius 1 is 0.538 bits per heavy atom. The standard InChI is InChI=1S/C15H23.C14H20.C13H24.2C2H6.4H2O.2HO/c1-4-5-6-7-8-9-15-11-10-13(2)14(3)12-15;1-11-3-7-13(8-4-11)14-9-5-12(2)6-10-14;1-11-7-9-13(10-8-11)12-5-3-2-4-6-12;2*1-2;;;;;;/h4-9,13-15H,1,10-12H2,2-3H3;3-4,7-8,12,14H,5-6,9-10H2,1-2H3;11-13H,2-10H2,1H3;2*1-2H3;4*1H2;2*1H/b7-6-,9-8+;;;;;;;;;;. The molecule has 3 radical (unpaired) electrons. The van der Waals surface area contributed by atoms with Crippen LogP contribution in [0.5, 0.6) is 0 Å². The maximum Gasteiger partial charge on any atom is 0.00446 e. The highest BCUT2D eigenvalue weighted by molar-refractivity contribution is 5.24. The van der Waals surface area contributed by atoms with E-state index in [9.17, 15) is 0 Å². The van der Waals surface area contributed by atoms with Gasteiger partial charge in [-0.25, -0.2) is 0 Å². The second kappa shape index (κ2) is 38.9. The highest BCUT2D eigenvalue weighted by atomic mass is 16.0. The average Bonchev–Trinajstić information content (AvgIpc) is 3.10. The van der Waals surface area contributed by atoms with Gasteiger partial charge >= 0.3 is 0 Å². The molecule has 0 bridgehead atoms. The lowest BCUT2D eigenvalue weighted by Crippen LogP contribution is -2.22. The van der Waals surface area contributed by atoms with E-state index in [1.54, 1.807) is 37.3 Å². The van der Waals surface area contributed by atoms with E-state index in [1.165, 1.54) is 82.6 Å². The van der Waals surface area contributed by atoms with Crippen LogP contribution in [-0.2, 0) is 0 Å². The molecule has 10 N–H and O–H groups in total. The van der Waals surface area contributed by atoms with Crippen molar-refractivity contribution >= 4 is 0 Å². The Bertz CT molecular complexity index is 907. The van der Waals surface area contributed by atoms with Gasteiger partial charge in [0.05, 0.1) is 0 Å². The van der Waals surface area contributed by atoms with E-state index in [4.69, 9.17) is 0 Å². The predicted molar refractivity (Wildman–Crippen MR) is 229 cm³/mol. The highest BCUT2D eigenvalue weighted by Crippen LogP contribution is 2.40. The molecule has 52 heavy (non-hydrogen) atoms. The van der Waals surface area contributed by atoms with Gasteiger partial charge in [-0.3, -0.25) is 11.0 Å². The van der Waals surface area contributed by atoms with E-state index < -0.39 is 0 Å². The fraction of sp³-hybridized carbons (Fsp3) is 0.717. The van der Waals surface area contributed by atoms with Crippen molar-refractivity contribution in [2.75, 3.05) is 0 Å². The Labute approximate surface area is 323 Å². The van der Waals surface area contributed by atoms with Crippen LogP contribution in [0.25, 0.3) is 0 Å². The molecule has 0 aromatic heterocycles. The van der Waals surface area contributed by atoms with Crippen molar-refractivity contribution in [1.29, 1.82) is 0 Å². The van der Waals surface area contributed by atoms with Gasteiger partial charge in [0.2, 0.25) is 0 Å². The molecule has 309 valence electrons. The number of hydrogen-bond acceptors (Lipinski definition) is 0. The molecule has 0 spiro atoms. The van der Waals surface area contributed by atoms with Crippen LogP contribution in [0.1, 0.15) is 175 Å². The zero-order chi connectivity index (χ0) is 34.2. The zero-order valence-corrected chi connectivity index (χ0v) is 35.3. The molecule has 0 amide bonds. The summed E-state index contributed by atoms with van der Waals surface area (Å²) in [6.07, 6.45) is 35.9. The molecule has 3 unspecified atom stereocenters. The Morgan fingerprint density at radius 2 is 1.02 bits per heavy atom. The van der Waals surface area contributed by atoms with Crippen LogP contribution >= 0.6 is 0 Å². The Kier molecular flexibility index (Phi) is 46.5. The van der Waals surface area contributed by atoms with Gasteiger partial charge in [0.1, 0.15) is 0 Å². The molecule has 3 atom stereocenters. The van der Waals surface area contributed by atoms with E-state index >= 15 is 0 Å². The van der Waals surface area contributed by atoms with Gasteiger partial charge < -0.3 is 21.9 Å². The minimum atomic E-state index is 0. The minimum Gasteiger partial charge on any atom is -0.412 e. The van der Waals surface area contributed by atoms with Crippen LogP contribution < -0.4 is 0 Å². The first-order valence-corrected chi connectivity index (χ1v) is 20.2. The topological polar surface area (TPSA) is 186 Å². The van der Waals surface area contributed by atoms with E-state index in [0.29, 0.717) is 0 Å². The number of hydrogen-bond donors (Lipinski definition) is 2. The average molecular weight is 738 g/mol. The van der Waals surface area contributed by atoms with Crippen LogP contribution in [-0.4, -0.2) is 32.9 Å². The molecule has 1 aromatic rings. The van der Waals surface area contributed by atoms with Crippen molar-refractivity contribution in [2.24, 2.45) is 41.4 Å². The van der Waals surface area contributed by atoms with Crippen LogP contribution in [0.4, 0.5) is 0 Å². The van der Waals surface area contributed by atoms with Crippen molar-refractivity contribution in [3.63, 3.8) is 0 Å². The first-order valence-electron chi connectivity index (χ1n) is 20.2. The van der Waals surface area contributed by atoms with Crippen LogP contribution in [0, 0.1) is 54.8 Å². The van der Waals surface area contributed by atoms with Gasteiger partial charge in [-0.1, -0.05) is 173 Å². The van der Waals surface area contributed by atoms with Crippen LogP contribution in [0.2, 0.25) is 0 Å². The molecule has 4 aliphatic rings. The van der Waals surface area contributed by atoms with Crippen LogP contribution in [0.3, 0.4) is 0 Å². The third-order valence-corrected chi connectivity index (χ3v) is 11.4. The molecular formula is C46H89O6. The third-order valence-electron chi connectivity index (χ3n) is 11.4. The van der Waals surface area contributed by atoms with Crippen molar-refractivity contribution in [1.82, 2.24) is 0 Å². The first kappa shape index (κ1) is 62.2. The van der Waals surface area contributed by atoms with E-state index in [0.717, 1.165) is 47.3 Å². The first-order chi connectivity index (χ1) is 22.4. The van der Waals surface area contributed by atoms with E-state index in [-0.39, 0.29) is 32.9 Å². The molecular weight excluding hydrogens is 649 g/mol. The number of allylic oxidation sites excluding steroid dienone is 5. The van der Waals surface area contributed by atoms with Crippen molar-refractivity contribution < 1.29 is 32.9 Å². The summed E-state index contributed by atoms with van der Waals surface area (Å²) < 4.78 is 0. The maximum atomic E-state index is 3.64. The zero-order valence-electron chi connectivity index (χ0n) is 35.3. The predicted octanol–water partition coefficient (Wildman–Crippen LogP) is 11.6. The third kappa shape index (κ3) is 26.1. The molecule has 6 heteroatoms. The van der Waals surface area contributed by atoms with Gasteiger partial charge in [0, 0.05) is 6.42 Å². The van der Waals surface area contributed by atoms with Crippen molar-refractivity contribution in [3.05, 3.63) is 78.8 Å². The second-order valence-electron chi connectivity index (χ2n) is 15.0.